The average molecular weight is 330 g/mol. The van der Waals surface area contributed by atoms with Gasteiger partial charge in [0.25, 0.3) is 0 Å². The zero-order valence-corrected chi connectivity index (χ0v) is 11.4. The summed E-state index contributed by atoms with van der Waals surface area (Å²) in [5.74, 6) is -0.230. The predicted octanol–water partition coefficient (Wildman–Crippen LogP) is -0.767. The molecule has 86 valence electrons. The first-order valence-corrected chi connectivity index (χ1v) is 8.27. The van der Waals surface area contributed by atoms with Crippen molar-refractivity contribution in [3.05, 3.63) is 33.5 Å². The van der Waals surface area contributed by atoms with Gasteiger partial charge in [-0.05, 0) is 0 Å². The van der Waals surface area contributed by atoms with Gasteiger partial charge in [-0.2, -0.15) is 0 Å². The molecule has 0 radical (unpaired) electrons. The Balaban J connectivity index is 2.56. The number of esters is 1. The monoisotopic (exact) mass is 330 g/mol. The van der Waals surface area contributed by atoms with Crippen LogP contribution >= 0.6 is 0 Å². The fraction of sp³-hybridized carbons (Fsp3) is 0.250. The van der Waals surface area contributed by atoms with Crippen LogP contribution in [0.25, 0.3) is 10.9 Å². The third kappa shape index (κ3) is 2.07. The van der Waals surface area contributed by atoms with E-state index in [0.29, 0.717) is 12.2 Å². The number of carbonyl (C=O) groups excluding carboxylic acids is 1. The van der Waals surface area contributed by atoms with E-state index in [1.54, 1.807) is 0 Å². The molecule has 3 nitrogen and oxygen atoms in total. The van der Waals surface area contributed by atoms with Gasteiger partial charge in [0.2, 0.25) is 0 Å². The van der Waals surface area contributed by atoms with Crippen LogP contribution in [-0.2, 0) is 4.74 Å². The molecule has 4 heteroatoms. The second-order valence-electron chi connectivity index (χ2n) is 3.30. The van der Waals surface area contributed by atoms with Crippen LogP contribution < -0.4 is 21.2 Å². The summed E-state index contributed by atoms with van der Waals surface area (Å²) >= 11 is -0.0262. The molecule has 0 saturated heterocycles. The van der Waals surface area contributed by atoms with Crippen molar-refractivity contribution in [1.29, 1.82) is 0 Å². The molecule has 2 aromatic rings. The van der Waals surface area contributed by atoms with Gasteiger partial charge in [0.15, 0.2) is 0 Å². The van der Waals surface area contributed by atoms with Crippen LogP contribution in [0, 0.1) is 3.57 Å². The van der Waals surface area contributed by atoms with E-state index in [2.05, 4.69) is 16.0 Å². The topological polar surface area (TPSA) is 42.1 Å². The number of ether oxygens (including phenoxy) is 1. The number of aromatic nitrogens is 1. The Labute approximate surface area is 104 Å². The third-order valence-corrected chi connectivity index (χ3v) is 4.22. The molecule has 2 rings (SSSR count). The third-order valence-electron chi connectivity index (χ3n) is 2.35. The van der Waals surface area contributed by atoms with Crippen LogP contribution in [0.5, 0.6) is 0 Å². The van der Waals surface area contributed by atoms with E-state index in [-0.39, 0.29) is 27.2 Å². The van der Waals surface area contributed by atoms with E-state index in [9.17, 15) is 4.79 Å². The number of halogens is 1. The normalized spacial score (nSPS) is 10.9. The van der Waals surface area contributed by atoms with Crippen LogP contribution in [0.4, 0.5) is 0 Å². The van der Waals surface area contributed by atoms with Gasteiger partial charge in [-0.1, -0.05) is 0 Å². The molecule has 0 aliphatic heterocycles. The predicted molar refractivity (Wildman–Crippen MR) is 58.9 cm³/mol. The molecule has 0 spiro atoms. The SMILES string of the molecule is CCOC(=O)c1cc([I-]C)cc2[nH]ccc12. The van der Waals surface area contributed by atoms with Crippen molar-refractivity contribution in [3.8, 4) is 0 Å². The van der Waals surface area contributed by atoms with Crippen molar-refractivity contribution in [2.45, 2.75) is 6.92 Å². The molecule has 0 saturated carbocycles. The minimum absolute atomic E-state index is 0.0262. The summed E-state index contributed by atoms with van der Waals surface area (Å²) in [6, 6.07) is 5.99. The van der Waals surface area contributed by atoms with Gasteiger partial charge in [-0.25, -0.2) is 0 Å². The Bertz CT molecular complexity index is 519. The van der Waals surface area contributed by atoms with E-state index in [0.717, 1.165) is 10.9 Å². The van der Waals surface area contributed by atoms with Crippen molar-refractivity contribution in [2.75, 3.05) is 11.5 Å². The first kappa shape index (κ1) is 11.4. The fourth-order valence-electron chi connectivity index (χ4n) is 1.62. The Hall–Kier alpha value is -1.04. The molecule has 0 fully saturated rings. The standard InChI is InChI=1S/C12H13INO2/c1-3-16-12(15)10-6-8(13-2)7-11-9(10)4-5-14-11/h4-7,14H,3H2,1-2H3/q-1. The molecule has 0 bridgehead atoms. The van der Waals surface area contributed by atoms with E-state index < -0.39 is 0 Å². The number of nitrogens with one attached hydrogen (secondary N) is 1. The number of hydrogen-bond acceptors (Lipinski definition) is 2. The first-order chi connectivity index (χ1) is 7.76. The van der Waals surface area contributed by atoms with Gasteiger partial charge in [0.1, 0.15) is 0 Å². The van der Waals surface area contributed by atoms with Crippen molar-refractivity contribution in [3.63, 3.8) is 0 Å². The summed E-state index contributed by atoms with van der Waals surface area (Å²) in [5.41, 5.74) is 1.69. The van der Waals surface area contributed by atoms with Gasteiger partial charge in [-0.3, -0.25) is 0 Å². The van der Waals surface area contributed by atoms with Crippen molar-refractivity contribution < 1.29 is 30.7 Å². The molecule has 0 aliphatic carbocycles. The van der Waals surface area contributed by atoms with E-state index in [4.69, 9.17) is 4.74 Å². The van der Waals surface area contributed by atoms with E-state index in [1.165, 1.54) is 3.57 Å². The number of carbonyl (C=O) groups is 1. The number of rotatable bonds is 3. The van der Waals surface area contributed by atoms with Crippen molar-refractivity contribution in [1.82, 2.24) is 4.98 Å². The maximum absolute atomic E-state index is 11.8. The first-order valence-electron chi connectivity index (χ1n) is 5.04. The summed E-state index contributed by atoms with van der Waals surface area (Å²) in [6.45, 7) is 2.24. The number of benzene rings is 1. The van der Waals surface area contributed by atoms with E-state index in [1.807, 2.05) is 25.3 Å². The Morgan fingerprint density at radius 3 is 3.00 bits per heavy atom. The summed E-state index contributed by atoms with van der Waals surface area (Å²) < 4.78 is 6.31. The van der Waals surface area contributed by atoms with Gasteiger partial charge < -0.3 is 0 Å². The number of fused-ring (bicyclic) bond motifs is 1. The molecule has 0 aliphatic rings. The molecule has 1 heterocycles. The van der Waals surface area contributed by atoms with Gasteiger partial charge >= 0.3 is 105 Å². The van der Waals surface area contributed by atoms with Gasteiger partial charge in [0.05, 0.1) is 0 Å². The maximum atomic E-state index is 11.8. The minimum atomic E-state index is -0.230. The molecule has 1 aromatic carbocycles. The summed E-state index contributed by atoms with van der Waals surface area (Å²) in [5, 5.41) is 0.944. The molecule has 0 atom stereocenters. The zero-order chi connectivity index (χ0) is 11.5. The quantitative estimate of drug-likeness (QED) is 0.456. The fourth-order valence-corrected chi connectivity index (χ4v) is 2.86. The Morgan fingerprint density at radius 1 is 1.50 bits per heavy atom. The molecule has 16 heavy (non-hydrogen) atoms. The Kier molecular flexibility index (Phi) is 3.48. The second-order valence-corrected chi connectivity index (χ2v) is 5.63. The molecule has 1 aromatic heterocycles. The van der Waals surface area contributed by atoms with Crippen LogP contribution in [0.2, 0.25) is 0 Å². The van der Waals surface area contributed by atoms with Gasteiger partial charge in [0, 0.05) is 0 Å². The summed E-state index contributed by atoms with van der Waals surface area (Å²) in [4.78, 5) is 17.1. The summed E-state index contributed by atoms with van der Waals surface area (Å²) in [6.07, 6.45) is 1.85. The molecular weight excluding hydrogens is 317 g/mol. The van der Waals surface area contributed by atoms with Crippen LogP contribution in [0.3, 0.4) is 0 Å². The van der Waals surface area contributed by atoms with Crippen LogP contribution in [0.1, 0.15) is 17.3 Å². The number of alkyl halides is 1. The van der Waals surface area contributed by atoms with Crippen LogP contribution in [0.15, 0.2) is 24.4 Å². The zero-order valence-electron chi connectivity index (χ0n) is 9.21. The van der Waals surface area contributed by atoms with Crippen LogP contribution in [-0.4, -0.2) is 22.5 Å². The molecule has 0 unspecified atom stereocenters. The number of aromatic amines is 1. The molecule has 1 N–H and O–H groups in total. The average Bonchev–Trinajstić information content (AvgIpc) is 2.75. The Morgan fingerprint density at radius 2 is 2.31 bits per heavy atom. The van der Waals surface area contributed by atoms with E-state index >= 15 is 0 Å². The number of hydrogen-bond donors (Lipinski definition) is 1. The van der Waals surface area contributed by atoms with Crippen molar-refractivity contribution in [2.24, 2.45) is 0 Å². The van der Waals surface area contributed by atoms with Crippen molar-refractivity contribution >= 4 is 16.9 Å². The number of H-pyrrole nitrogens is 1. The molecule has 0 amide bonds. The molecular formula is C12H13INO2-. The van der Waals surface area contributed by atoms with Gasteiger partial charge in [-0.15, -0.1) is 0 Å². The summed E-state index contributed by atoms with van der Waals surface area (Å²) in [7, 11) is 0. The second kappa shape index (κ2) is 4.86.